The fraction of sp³-hybridized carbons (Fsp3) is 0.615. The van der Waals surface area contributed by atoms with Gasteiger partial charge in [-0.05, 0) is 88.3 Å². The number of rotatable bonds is 21. The summed E-state index contributed by atoms with van der Waals surface area (Å²) in [5.41, 5.74) is 24.3. The highest BCUT2D eigenvalue weighted by atomic mass is 16.4. The predicted molar refractivity (Wildman–Crippen MR) is 215 cm³/mol. The van der Waals surface area contributed by atoms with Crippen molar-refractivity contribution in [2.24, 2.45) is 33.8 Å². The molecule has 18 heteroatoms. The Balaban J connectivity index is 1.44. The maximum atomic E-state index is 14.2. The topological polar surface area (TPSA) is 297 Å². The van der Waals surface area contributed by atoms with Gasteiger partial charge in [-0.1, -0.05) is 32.0 Å². The molecule has 3 heterocycles. The van der Waals surface area contributed by atoms with Gasteiger partial charge in [-0.25, -0.2) is 4.79 Å². The summed E-state index contributed by atoms with van der Waals surface area (Å²) in [6.45, 7) is 5.09. The van der Waals surface area contributed by atoms with Crippen molar-refractivity contribution in [1.82, 2.24) is 30.7 Å². The van der Waals surface area contributed by atoms with E-state index in [-0.39, 0.29) is 43.6 Å². The number of carboxylic acids is 1. The smallest absolute Gasteiger partial charge is 0.326 e. The fourth-order valence-electron chi connectivity index (χ4n) is 7.64. The maximum absolute atomic E-state index is 14.2. The van der Waals surface area contributed by atoms with Crippen LogP contribution in [0.3, 0.4) is 0 Å². The SMILES string of the molecule is CC(C)C[C@H](NC(=O)[C@@H]1CCCN1C(=O)[C@@H](N)CCCN=C(N)N)C(=O)N[C@@H](CCCCN)C(=O)N1CCC[C@H]1C(=O)N[C@H](Cc1c[nH]c2ccccc12)C(=O)O. The molecule has 1 aromatic heterocycles. The third kappa shape index (κ3) is 12.4. The van der Waals surface area contributed by atoms with Gasteiger partial charge in [0, 0.05) is 43.2 Å². The number of nitrogens with one attached hydrogen (secondary N) is 4. The molecule has 18 nitrogen and oxygen atoms in total. The maximum Gasteiger partial charge on any atom is 0.326 e. The largest absolute Gasteiger partial charge is 0.480 e. The van der Waals surface area contributed by atoms with E-state index in [1.54, 1.807) is 6.20 Å². The molecule has 2 aliphatic rings. The van der Waals surface area contributed by atoms with Crippen LogP contribution in [0.25, 0.3) is 10.9 Å². The number of carboxylic acid groups (broad SMARTS) is 1. The molecular weight excluding hydrogens is 734 g/mol. The van der Waals surface area contributed by atoms with E-state index < -0.39 is 65.8 Å². The van der Waals surface area contributed by atoms with Crippen molar-refractivity contribution in [2.45, 2.75) is 121 Å². The monoisotopic (exact) mass is 795 g/mol. The first kappa shape index (κ1) is 44.5. The quantitative estimate of drug-likeness (QED) is 0.0452. The van der Waals surface area contributed by atoms with Crippen LogP contribution in [0.15, 0.2) is 35.5 Å². The lowest BCUT2D eigenvalue weighted by Crippen LogP contribution is -2.59. The first-order valence-corrected chi connectivity index (χ1v) is 20.0. The van der Waals surface area contributed by atoms with E-state index in [1.165, 1.54) is 9.80 Å². The normalized spacial score (nSPS) is 18.8. The number of unbranched alkanes of at least 4 members (excludes halogenated alkanes) is 1. The van der Waals surface area contributed by atoms with E-state index in [0.717, 1.165) is 16.5 Å². The third-order valence-electron chi connectivity index (χ3n) is 10.6. The van der Waals surface area contributed by atoms with Gasteiger partial charge in [0.05, 0.1) is 6.04 Å². The van der Waals surface area contributed by atoms with Gasteiger partial charge in [-0.3, -0.25) is 29.0 Å². The van der Waals surface area contributed by atoms with Crippen LogP contribution >= 0.6 is 0 Å². The van der Waals surface area contributed by atoms with E-state index in [0.29, 0.717) is 71.0 Å². The summed E-state index contributed by atoms with van der Waals surface area (Å²) in [5, 5.41) is 19.3. The number of carbonyl (C=O) groups is 6. The van der Waals surface area contributed by atoms with Crippen LogP contribution in [0.1, 0.15) is 83.6 Å². The number of hydrogen-bond acceptors (Lipinski definition) is 9. The Kier molecular flexibility index (Phi) is 16.7. The number of H-pyrrole nitrogens is 1. The number of guanidine groups is 1. The molecule has 0 saturated carbocycles. The Morgan fingerprint density at radius 1 is 0.860 bits per heavy atom. The zero-order valence-corrected chi connectivity index (χ0v) is 33.1. The molecule has 1 aromatic carbocycles. The van der Waals surface area contributed by atoms with Gasteiger partial charge in [-0.15, -0.1) is 0 Å². The minimum atomic E-state index is -1.24. The van der Waals surface area contributed by atoms with E-state index >= 15 is 0 Å². The lowest BCUT2D eigenvalue weighted by molar-refractivity contribution is -0.145. The molecule has 5 amide bonds. The van der Waals surface area contributed by atoms with Gasteiger partial charge in [-0.2, -0.15) is 0 Å². The predicted octanol–water partition coefficient (Wildman–Crippen LogP) is -0.213. The number of para-hydroxylation sites is 1. The molecule has 0 aliphatic carbocycles. The summed E-state index contributed by atoms with van der Waals surface area (Å²) in [4.78, 5) is 91.1. The number of hydrogen-bond donors (Lipinski definition) is 9. The molecule has 57 heavy (non-hydrogen) atoms. The van der Waals surface area contributed by atoms with Gasteiger partial charge in [0.1, 0.15) is 30.2 Å². The Morgan fingerprint density at radius 2 is 1.49 bits per heavy atom. The minimum Gasteiger partial charge on any atom is -0.480 e. The molecule has 2 saturated heterocycles. The van der Waals surface area contributed by atoms with Crippen molar-refractivity contribution in [3.63, 3.8) is 0 Å². The highest BCUT2D eigenvalue weighted by Gasteiger charge is 2.41. The van der Waals surface area contributed by atoms with Crippen LogP contribution in [-0.4, -0.2) is 124 Å². The van der Waals surface area contributed by atoms with Crippen molar-refractivity contribution in [1.29, 1.82) is 0 Å². The van der Waals surface area contributed by atoms with Crippen LogP contribution in [0.4, 0.5) is 0 Å². The summed E-state index contributed by atoms with van der Waals surface area (Å²) in [6.07, 6.45) is 5.97. The van der Waals surface area contributed by atoms with E-state index in [9.17, 15) is 33.9 Å². The molecular formula is C39H61N11O7. The molecule has 6 atom stereocenters. The van der Waals surface area contributed by atoms with Gasteiger partial charge in [0.25, 0.3) is 0 Å². The molecule has 0 bridgehead atoms. The third-order valence-corrected chi connectivity index (χ3v) is 10.6. The van der Waals surface area contributed by atoms with Crippen molar-refractivity contribution < 1.29 is 33.9 Å². The van der Waals surface area contributed by atoms with Gasteiger partial charge in [0.2, 0.25) is 29.5 Å². The number of aromatic amines is 1. The number of carbonyl (C=O) groups excluding carboxylic acids is 5. The van der Waals surface area contributed by atoms with Crippen molar-refractivity contribution in [3.8, 4) is 0 Å². The van der Waals surface area contributed by atoms with Gasteiger partial charge in [0.15, 0.2) is 5.96 Å². The molecule has 0 radical (unpaired) electrons. The van der Waals surface area contributed by atoms with Gasteiger partial charge < -0.3 is 58.8 Å². The number of aliphatic carboxylic acids is 1. The van der Waals surface area contributed by atoms with Crippen LogP contribution in [0.2, 0.25) is 0 Å². The standard InChI is InChI=1S/C39H61N11O7/c1-23(2)20-29(47-34(52)31-14-8-18-49(31)36(54)26(41)11-7-17-44-39(42)43)33(51)46-28(13-5-6-16-40)37(55)50-19-9-15-32(50)35(53)48-30(38(56)57)21-24-22-45-27-12-4-3-10-25(24)27/h3-4,10,12,22-23,26,28-32,45H,5-9,11,13-21,40-41H2,1-2H3,(H,46,51)(H,47,52)(H,48,53)(H,56,57)(H4,42,43,44)/t26-,28-,29-,30+,31-,32-/m0/s1. The van der Waals surface area contributed by atoms with Crippen molar-refractivity contribution in [2.75, 3.05) is 26.2 Å². The number of nitrogens with zero attached hydrogens (tertiary/aromatic N) is 3. The minimum absolute atomic E-state index is 0.0227. The molecule has 0 unspecified atom stereocenters. The Morgan fingerprint density at radius 3 is 2.11 bits per heavy atom. The summed E-state index contributed by atoms with van der Waals surface area (Å²) in [5.74, 6) is -3.77. The first-order valence-electron chi connectivity index (χ1n) is 20.0. The van der Waals surface area contributed by atoms with E-state index in [2.05, 4.69) is 25.9 Å². The highest BCUT2D eigenvalue weighted by molar-refractivity contribution is 5.97. The molecule has 4 rings (SSSR count). The molecule has 0 spiro atoms. The zero-order valence-electron chi connectivity index (χ0n) is 33.1. The van der Waals surface area contributed by atoms with Gasteiger partial charge >= 0.3 is 5.97 Å². The number of likely N-dealkylation sites (tertiary alicyclic amines) is 2. The molecule has 13 N–H and O–H groups in total. The number of fused-ring (bicyclic) bond motifs is 1. The molecule has 2 fully saturated rings. The average molecular weight is 796 g/mol. The van der Waals surface area contributed by atoms with Crippen LogP contribution in [-0.2, 0) is 35.2 Å². The van der Waals surface area contributed by atoms with E-state index in [4.69, 9.17) is 22.9 Å². The molecule has 2 aliphatic heterocycles. The lowest BCUT2D eigenvalue weighted by Gasteiger charge is -2.31. The van der Waals surface area contributed by atoms with Crippen LogP contribution in [0, 0.1) is 5.92 Å². The Bertz CT molecular complexity index is 1740. The summed E-state index contributed by atoms with van der Waals surface area (Å²) < 4.78 is 0. The second-order valence-corrected chi connectivity index (χ2v) is 15.4. The van der Waals surface area contributed by atoms with Crippen molar-refractivity contribution >= 4 is 52.4 Å². The van der Waals surface area contributed by atoms with Crippen LogP contribution in [0.5, 0.6) is 0 Å². The summed E-state index contributed by atoms with van der Waals surface area (Å²) in [7, 11) is 0. The number of benzene rings is 1. The lowest BCUT2D eigenvalue weighted by atomic mass is 10.0. The zero-order chi connectivity index (χ0) is 41.6. The number of amides is 5. The second kappa shape index (κ2) is 21.3. The van der Waals surface area contributed by atoms with Crippen molar-refractivity contribution in [3.05, 3.63) is 36.0 Å². The Labute approximate surface area is 333 Å². The summed E-state index contributed by atoms with van der Waals surface area (Å²) in [6, 6.07) is 1.56. The number of aromatic nitrogens is 1. The van der Waals surface area contributed by atoms with Crippen LogP contribution < -0.4 is 38.9 Å². The first-order chi connectivity index (χ1) is 27.2. The fourth-order valence-corrected chi connectivity index (χ4v) is 7.64. The molecule has 314 valence electrons. The average Bonchev–Trinajstić information content (AvgIpc) is 3.95. The highest BCUT2D eigenvalue weighted by Crippen LogP contribution is 2.23. The molecule has 2 aromatic rings. The number of aliphatic imine (C=N–C) groups is 1. The Hall–Kier alpha value is -5.23. The van der Waals surface area contributed by atoms with E-state index in [1.807, 2.05) is 38.1 Å². The second-order valence-electron chi connectivity index (χ2n) is 15.4. The number of nitrogens with two attached hydrogens (primary N) is 4. The summed E-state index contributed by atoms with van der Waals surface area (Å²) >= 11 is 0.